The lowest BCUT2D eigenvalue weighted by molar-refractivity contribution is -0.198. The Morgan fingerprint density at radius 1 is 1.64 bits per heavy atom. The number of unbranched alkanes of at least 4 members (excludes halogenated alkanes) is 1. The molecule has 0 spiro atoms. The van der Waals surface area contributed by atoms with E-state index >= 15 is 0 Å². The van der Waals surface area contributed by atoms with Gasteiger partial charge in [0.1, 0.15) is 5.60 Å². The molecule has 1 rings (SSSR count). The van der Waals surface area contributed by atoms with Crippen LogP contribution in [-0.4, -0.2) is 25.4 Å². The molecule has 0 amide bonds. The summed E-state index contributed by atoms with van der Waals surface area (Å²) in [5, 5.41) is 0. The molecule has 0 aromatic carbocycles. The largest absolute Gasteiger partial charge is 0.375 e. The molecule has 0 bridgehead atoms. The maximum absolute atomic E-state index is 5.59. The fraction of sp³-hybridized carbons (Fsp3) is 0.778. The highest BCUT2D eigenvalue weighted by Crippen LogP contribution is 2.20. The van der Waals surface area contributed by atoms with Gasteiger partial charge in [0.2, 0.25) is 0 Å². The summed E-state index contributed by atoms with van der Waals surface area (Å²) in [5.74, 6) is 0. The van der Waals surface area contributed by atoms with E-state index in [0.717, 1.165) is 32.7 Å². The SMILES string of the molecule is C=CCCCOC1(C)COC1. The van der Waals surface area contributed by atoms with Gasteiger partial charge >= 0.3 is 0 Å². The van der Waals surface area contributed by atoms with Crippen LogP contribution in [0.1, 0.15) is 19.8 Å². The molecule has 64 valence electrons. The second-order valence-electron chi connectivity index (χ2n) is 3.22. The third-order valence-electron chi connectivity index (χ3n) is 1.82. The van der Waals surface area contributed by atoms with Crippen molar-refractivity contribution in [3.05, 3.63) is 12.7 Å². The zero-order valence-corrected chi connectivity index (χ0v) is 7.14. The maximum atomic E-state index is 5.59. The molecular weight excluding hydrogens is 140 g/mol. The quantitative estimate of drug-likeness (QED) is 0.446. The lowest BCUT2D eigenvalue weighted by Crippen LogP contribution is -2.49. The van der Waals surface area contributed by atoms with Crippen LogP contribution < -0.4 is 0 Å². The van der Waals surface area contributed by atoms with E-state index in [-0.39, 0.29) is 5.60 Å². The molecule has 0 aromatic rings. The van der Waals surface area contributed by atoms with Crippen LogP contribution in [0.25, 0.3) is 0 Å². The Morgan fingerprint density at radius 2 is 2.36 bits per heavy atom. The molecule has 11 heavy (non-hydrogen) atoms. The fourth-order valence-electron chi connectivity index (χ4n) is 1.02. The van der Waals surface area contributed by atoms with Gasteiger partial charge in [0.25, 0.3) is 0 Å². The van der Waals surface area contributed by atoms with Crippen LogP contribution in [-0.2, 0) is 9.47 Å². The molecule has 0 N–H and O–H groups in total. The molecule has 1 aliphatic heterocycles. The predicted octanol–water partition coefficient (Wildman–Crippen LogP) is 1.76. The minimum Gasteiger partial charge on any atom is -0.375 e. The monoisotopic (exact) mass is 156 g/mol. The first kappa shape index (κ1) is 8.75. The van der Waals surface area contributed by atoms with Gasteiger partial charge in [0.15, 0.2) is 0 Å². The van der Waals surface area contributed by atoms with Gasteiger partial charge in [-0.2, -0.15) is 0 Å². The van der Waals surface area contributed by atoms with Crippen molar-refractivity contribution in [2.24, 2.45) is 0 Å². The van der Waals surface area contributed by atoms with E-state index in [0.29, 0.717) is 0 Å². The summed E-state index contributed by atoms with van der Waals surface area (Å²) in [6, 6.07) is 0. The predicted molar refractivity (Wildman–Crippen MR) is 44.6 cm³/mol. The summed E-state index contributed by atoms with van der Waals surface area (Å²) in [7, 11) is 0. The molecule has 0 radical (unpaired) electrons. The summed E-state index contributed by atoms with van der Waals surface area (Å²) in [6.07, 6.45) is 4.03. The Labute approximate surface area is 68.2 Å². The smallest absolute Gasteiger partial charge is 0.112 e. The molecule has 2 nitrogen and oxygen atoms in total. The van der Waals surface area contributed by atoms with Gasteiger partial charge in [-0.3, -0.25) is 0 Å². The molecule has 0 unspecified atom stereocenters. The van der Waals surface area contributed by atoms with E-state index in [1.165, 1.54) is 0 Å². The molecule has 1 aliphatic rings. The minimum absolute atomic E-state index is 0.0150. The van der Waals surface area contributed by atoms with Crippen LogP contribution in [0, 0.1) is 0 Å². The van der Waals surface area contributed by atoms with Crippen molar-refractivity contribution in [3.8, 4) is 0 Å². The first-order valence-corrected chi connectivity index (χ1v) is 4.09. The fourth-order valence-corrected chi connectivity index (χ4v) is 1.02. The van der Waals surface area contributed by atoms with Crippen molar-refractivity contribution >= 4 is 0 Å². The highest BCUT2D eigenvalue weighted by atomic mass is 16.6. The molecular formula is C9H16O2. The van der Waals surface area contributed by atoms with E-state index in [9.17, 15) is 0 Å². The maximum Gasteiger partial charge on any atom is 0.112 e. The van der Waals surface area contributed by atoms with Crippen molar-refractivity contribution in [1.29, 1.82) is 0 Å². The van der Waals surface area contributed by atoms with Crippen LogP contribution >= 0.6 is 0 Å². The van der Waals surface area contributed by atoms with Crippen molar-refractivity contribution in [1.82, 2.24) is 0 Å². The van der Waals surface area contributed by atoms with Crippen LogP contribution in [0.15, 0.2) is 12.7 Å². The van der Waals surface area contributed by atoms with Gasteiger partial charge in [-0.05, 0) is 19.8 Å². The Bertz CT molecular complexity index is 128. The van der Waals surface area contributed by atoms with Gasteiger partial charge in [-0.25, -0.2) is 0 Å². The zero-order chi connectivity index (χ0) is 8.16. The van der Waals surface area contributed by atoms with Gasteiger partial charge in [0, 0.05) is 6.61 Å². The van der Waals surface area contributed by atoms with Crippen LogP contribution in [0.3, 0.4) is 0 Å². The molecule has 0 saturated carbocycles. The molecule has 1 saturated heterocycles. The van der Waals surface area contributed by atoms with Gasteiger partial charge in [0.05, 0.1) is 13.2 Å². The second-order valence-corrected chi connectivity index (χ2v) is 3.22. The Morgan fingerprint density at radius 3 is 2.82 bits per heavy atom. The number of hydrogen-bond acceptors (Lipinski definition) is 2. The third-order valence-corrected chi connectivity index (χ3v) is 1.82. The van der Waals surface area contributed by atoms with E-state index < -0.39 is 0 Å². The van der Waals surface area contributed by atoms with Crippen LogP contribution in [0.4, 0.5) is 0 Å². The molecule has 0 aliphatic carbocycles. The summed E-state index contributed by atoms with van der Waals surface area (Å²) in [6.45, 7) is 8.06. The van der Waals surface area contributed by atoms with Gasteiger partial charge in [-0.1, -0.05) is 6.08 Å². The average molecular weight is 156 g/mol. The highest BCUT2D eigenvalue weighted by Gasteiger charge is 2.33. The number of hydrogen-bond donors (Lipinski definition) is 0. The van der Waals surface area contributed by atoms with Crippen LogP contribution in [0.2, 0.25) is 0 Å². The van der Waals surface area contributed by atoms with E-state index in [2.05, 4.69) is 13.5 Å². The molecule has 1 fully saturated rings. The number of rotatable bonds is 5. The summed E-state index contributed by atoms with van der Waals surface area (Å²) in [5.41, 5.74) is 0.0150. The zero-order valence-electron chi connectivity index (χ0n) is 7.14. The normalized spacial score (nSPS) is 20.8. The molecule has 0 aromatic heterocycles. The first-order chi connectivity index (χ1) is 5.27. The summed E-state index contributed by atoms with van der Waals surface area (Å²) >= 11 is 0. The molecule has 1 heterocycles. The third kappa shape index (κ3) is 2.64. The highest BCUT2D eigenvalue weighted by molar-refractivity contribution is 4.82. The summed E-state index contributed by atoms with van der Waals surface area (Å²) < 4.78 is 10.6. The van der Waals surface area contributed by atoms with E-state index in [4.69, 9.17) is 9.47 Å². The van der Waals surface area contributed by atoms with Gasteiger partial charge in [-0.15, -0.1) is 6.58 Å². The van der Waals surface area contributed by atoms with Crippen molar-refractivity contribution in [2.45, 2.75) is 25.4 Å². The van der Waals surface area contributed by atoms with Gasteiger partial charge < -0.3 is 9.47 Å². The van der Waals surface area contributed by atoms with Crippen LogP contribution in [0.5, 0.6) is 0 Å². The van der Waals surface area contributed by atoms with E-state index in [1.54, 1.807) is 0 Å². The molecule has 0 atom stereocenters. The van der Waals surface area contributed by atoms with Crippen molar-refractivity contribution in [2.75, 3.05) is 19.8 Å². The first-order valence-electron chi connectivity index (χ1n) is 4.09. The second kappa shape index (κ2) is 3.88. The Balaban J connectivity index is 1.97. The lowest BCUT2D eigenvalue weighted by Gasteiger charge is -2.37. The Hall–Kier alpha value is -0.340. The number of allylic oxidation sites excluding steroid dienone is 1. The summed E-state index contributed by atoms with van der Waals surface area (Å²) in [4.78, 5) is 0. The van der Waals surface area contributed by atoms with Crippen molar-refractivity contribution < 1.29 is 9.47 Å². The molecule has 2 heteroatoms. The number of ether oxygens (including phenoxy) is 2. The standard InChI is InChI=1S/C9H16O2/c1-3-4-5-6-11-9(2)7-10-8-9/h3H,1,4-8H2,2H3. The lowest BCUT2D eigenvalue weighted by atomic mass is 10.1. The van der Waals surface area contributed by atoms with E-state index in [1.807, 2.05) is 6.08 Å². The minimum atomic E-state index is 0.0150. The topological polar surface area (TPSA) is 18.5 Å². The van der Waals surface area contributed by atoms with Crippen molar-refractivity contribution in [3.63, 3.8) is 0 Å². The Kier molecular flexibility index (Phi) is 3.09. The average Bonchev–Trinajstić information content (AvgIpc) is 1.95.